The standard InChI is InChI=1S/C23H18FN5O4S/c1-33-22(32)14-5-8-17(9-6-14)25-20(30)13-34-23-28-27-19-10-7-15(12-29(19)23)21(31)26-18-4-2-3-16(24)11-18/h2-12H,13H2,1H3,(H,25,30)(H,26,31). The number of nitrogens with one attached hydrogen (secondary N) is 2. The number of pyridine rings is 1. The normalized spacial score (nSPS) is 10.6. The number of halogens is 1. The largest absolute Gasteiger partial charge is 0.465 e. The molecule has 0 aliphatic carbocycles. The number of carbonyl (C=O) groups is 3. The van der Waals surface area contributed by atoms with Crippen molar-refractivity contribution in [1.29, 1.82) is 0 Å². The molecule has 172 valence electrons. The van der Waals surface area contributed by atoms with Gasteiger partial charge in [0.2, 0.25) is 5.91 Å². The van der Waals surface area contributed by atoms with Crippen molar-refractivity contribution >= 4 is 46.6 Å². The van der Waals surface area contributed by atoms with Crippen LogP contribution in [0.4, 0.5) is 15.8 Å². The van der Waals surface area contributed by atoms with Gasteiger partial charge in [0.05, 0.1) is 24.0 Å². The quantitative estimate of drug-likeness (QED) is 0.307. The number of anilines is 2. The third-order valence-electron chi connectivity index (χ3n) is 4.64. The summed E-state index contributed by atoms with van der Waals surface area (Å²) in [4.78, 5) is 36.4. The van der Waals surface area contributed by atoms with Crippen molar-refractivity contribution in [2.24, 2.45) is 0 Å². The van der Waals surface area contributed by atoms with E-state index in [2.05, 4.69) is 25.6 Å². The third kappa shape index (κ3) is 5.38. The van der Waals surface area contributed by atoms with Crippen molar-refractivity contribution in [2.75, 3.05) is 23.5 Å². The number of thioether (sulfide) groups is 1. The molecule has 2 amide bonds. The summed E-state index contributed by atoms with van der Waals surface area (Å²) in [7, 11) is 1.29. The molecule has 11 heteroatoms. The first-order valence-electron chi connectivity index (χ1n) is 9.95. The summed E-state index contributed by atoms with van der Waals surface area (Å²) >= 11 is 1.14. The minimum Gasteiger partial charge on any atom is -0.465 e. The van der Waals surface area contributed by atoms with Gasteiger partial charge in [0.15, 0.2) is 10.8 Å². The van der Waals surface area contributed by atoms with Crippen LogP contribution in [0, 0.1) is 5.82 Å². The number of aromatic nitrogens is 3. The Kier molecular flexibility index (Phi) is 6.83. The van der Waals surface area contributed by atoms with Crippen molar-refractivity contribution in [1.82, 2.24) is 14.6 Å². The van der Waals surface area contributed by atoms with E-state index in [0.717, 1.165) is 11.8 Å². The Balaban J connectivity index is 1.40. The molecule has 34 heavy (non-hydrogen) atoms. The molecule has 2 aromatic carbocycles. The molecule has 0 aliphatic heterocycles. The van der Waals surface area contributed by atoms with Gasteiger partial charge in [-0.1, -0.05) is 17.8 Å². The highest BCUT2D eigenvalue weighted by Crippen LogP contribution is 2.19. The summed E-state index contributed by atoms with van der Waals surface area (Å²) in [6.07, 6.45) is 1.55. The van der Waals surface area contributed by atoms with Crippen LogP contribution in [0.25, 0.3) is 5.65 Å². The molecule has 0 unspecified atom stereocenters. The van der Waals surface area contributed by atoms with E-state index in [4.69, 9.17) is 0 Å². The molecular formula is C23H18FN5O4S. The molecule has 4 rings (SSSR count). The molecule has 4 aromatic rings. The average Bonchev–Trinajstić information content (AvgIpc) is 3.25. The highest BCUT2D eigenvalue weighted by molar-refractivity contribution is 7.99. The molecule has 0 spiro atoms. The Labute approximate surface area is 197 Å². The van der Waals surface area contributed by atoms with Crippen molar-refractivity contribution in [2.45, 2.75) is 5.16 Å². The number of nitrogens with zero attached hydrogens (tertiary/aromatic N) is 3. The number of amides is 2. The number of esters is 1. The Morgan fingerprint density at radius 2 is 1.74 bits per heavy atom. The second kappa shape index (κ2) is 10.1. The maximum Gasteiger partial charge on any atom is 0.337 e. The number of fused-ring (bicyclic) bond motifs is 1. The fraction of sp³-hybridized carbons (Fsp3) is 0.0870. The zero-order valence-electron chi connectivity index (χ0n) is 17.8. The molecule has 2 heterocycles. The van der Waals surface area contributed by atoms with Crippen LogP contribution in [0.1, 0.15) is 20.7 Å². The van der Waals surface area contributed by atoms with Crippen LogP contribution < -0.4 is 10.6 Å². The fourth-order valence-electron chi connectivity index (χ4n) is 3.01. The zero-order valence-corrected chi connectivity index (χ0v) is 18.6. The Bertz CT molecular complexity index is 1370. The second-order valence-electron chi connectivity index (χ2n) is 7.00. The Morgan fingerprint density at radius 3 is 2.47 bits per heavy atom. The van der Waals surface area contributed by atoms with E-state index in [-0.39, 0.29) is 11.7 Å². The molecule has 0 radical (unpaired) electrons. The molecule has 9 nitrogen and oxygen atoms in total. The van der Waals surface area contributed by atoms with Crippen LogP contribution in [0.2, 0.25) is 0 Å². The SMILES string of the molecule is COC(=O)c1ccc(NC(=O)CSc2nnc3ccc(C(=O)Nc4cccc(F)c4)cn23)cc1. The molecule has 0 bridgehead atoms. The topological polar surface area (TPSA) is 115 Å². The molecule has 0 fully saturated rings. The van der Waals surface area contributed by atoms with Crippen LogP contribution >= 0.6 is 11.8 Å². The highest BCUT2D eigenvalue weighted by Gasteiger charge is 2.13. The van der Waals surface area contributed by atoms with Crippen molar-refractivity contribution in [3.05, 3.63) is 83.8 Å². The summed E-state index contributed by atoms with van der Waals surface area (Å²) in [5.74, 6) is -1.59. The van der Waals surface area contributed by atoms with Gasteiger partial charge in [0.25, 0.3) is 5.91 Å². The summed E-state index contributed by atoms with van der Waals surface area (Å²) in [5.41, 5.74) is 2.06. The van der Waals surface area contributed by atoms with E-state index >= 15 is 0 Å². The lowest BCUT2D eigenvalue weighted by Gasteiger charge is -2.07. The van der Waals surface area contributed by atoms with Crippen LogP contribution in [0.5, 0.6) is 0 Å². The van der Waals surface area contributed by atoms with Gasteiger partial charge in [-0.15, -0.1) is 10.2 Å². The number of hydrogen-bond donors (Lipinski definition) is 2. The summed E-state index contributed by atoms with van der Waals surface area (Å²) in [5, 5.41) is 13.9. The first kappa shape index (κ1) is 22.9. The van der Waals surface area contributed by atoms with Gasteiger partial charge in [0, 0.05) is 17.6 Å². The smallest absolute Gasteiger partial charge is 0.337 e. The van der Waals surface area contributed by atoms with Gasteiger partial charge in [-0.2, -0.15) is 0 Å². The second-order valence-corrected chi connectivity index (χ2v) is 7.94. The van der Waals surface area contributed by atoms with Crippen LogP contribution in [0.15, 0.2) is 72.0 Å². The molecule has 0 saturated heterocycles. The van der Waals surface area contributed by atoms with Crippen molar-refractivity contribution in [3.8, 4) is 0 Å². The summed E-state index contributed by atoms with van der Waals surface area (Å²) in [6, 6.07) is 15.1. The minimum absolute atomic E-state index is 0.0409. The maximum absolute atomic E-state index is 13.4. The van der Waals surface area contributed by atoms with Crippen LogP contribution in [-0.2, 0) is 9.53 Å². The predicted octanol–water partition coefficient (Wildman–Crippen LogP) is 3.64. The number of benzene rings is 2. The molecule has 2 aromatic heterocycles. The lowest BCUT2D eigenvalue weighted by Crippen LogP contribution is -2.15. The van der Waals surface area contributed by atoms with E-state index in [0.29, 0.717) is 33.3 Å². The number of carbonyl (C=O) groups excluding carboxylic acids is 3. The summed E-state index contributed by atoms with van der Waals surface area (Å²) < 4.78 is 19.6. The molecular weight excluding hydrogens is 461 g/mol. The third-order valence-corrected chi connectivity index (χ3v) is 5.58. The molecule has 0 aliphatic rings. The van der Waals surface area contributed by atoms with Crippen LogP contribution in [-0.4, -0.2) is 45.2 Å². The maximum atomic E-state index is 13.4. The first-order chi connectivity index (χ1) is 16.4. The van der Waals surface area contributed by atoms with E-state index in [9.17, 15) is 18.8 Å². The first-order valence-corrected chi connectivity index (χ1v) is 10.9. The number of rotatable bonds is 7. The lowest BCUT2D eigenvalue weighted by molar-refractivity contribution is -0.113. The van der Waals surface area contributed by atoms with Crippen molar-refractivity contribution in [3.63, 3.8) is 0 Å². The van der Waals surface area contributed by atoms with Crippen LogP contribution in [0.3, 0.4) is 0 Å². The Hall–Kier alpha value is -4.25. The van der Waals surface area contributed by atoms with E-state index in [1.54, 1.807) is 53.1 Å². The monoisotopic (exact) mass is 479 g/mol. The van der Waals surface area contributed by atoms with Gasteiger partial charge in [-0.25, -0.2) is 9.18 Å². The average molecular weight is 479 g/mol. The van der Waals surface area contributed by atoms with Gasteiger partial charge in [-0.05, 0) is 54.6 Å². The minimum atomic E-state index is -0.462. The van der Waals surface area contributed by atoms with Gasteiger partial charge < -0.3 is 15.4 Å². The van der Waals surface area contributed by atoms with E-state index in [1.165, 1.54) is 25.3 Å². The molecule has 0 saturated carbocycles. The van der Waals surface area contributed by atoms with Gasteiger partial charge in [0.1, 0.15) is 5.82 Å². The van der Waals surface area contributed by atoms with E-state index in [1.807, 2.05) is 0 Å². The van der Waals surface area contributed by atoms with Gasteiger partial charge >= 0.3 is 5.97 Å². The predicted molar refractivity (Wildman–Crippen MR) is 124 cm³/mol. The zero-order chi connectivity index (χ0) is 24.1. The van der Waals surface area contributed by atoms with Gasteiger partial charge in [-0.3, -0.25) is 14.0 Å². The lowest BCUT2D eigenvalue weighted by atomic mass is 10.2. The molecule has 2 N–H and O–H groups in total. The highest BCUT2D eigenvalue weighted by atomic mass is 32.2. The van der Waals surface area contributed by atoms with E-state index < -0.39 is 17.7 Å². The number of methoxy groups -OCH3 is 1. The Morgan fingerprint density at radius 1 is 0.971 bits per heavy atom. The molecule has 0 atom stereocenters. The number of ether oxygens (including phenoxy) is 1. The summed E-state index contributed by atoms with van der Waals surface area (Å²) in [6.45, 7) is 0. The van der Waals surface area contributed by atoms with Crippen molar-refractivity contribution < 1.29 is 23.5 Å². The number of hydrogen-bond acceptors (Lipinski definition) is 7. The fourth-order valence-corrected chi connectivity index (χ4v) is 3.72.